The van der Waals surface area contributed by atoms with Crippen molar-refractivity contribution >= 4 is 10.8 Å². The zero-order chi connectivity index (χ0) is 11.4. The monoisotopic (exact) mass is 244 g/mol. The molecule has 0 aromatic rings. The van der Waals surface area contributed by atoms with Gasteiger partial charge in [-0.1, -0.05) is 6.92 Å². The Morgan fingerprint density at radius 2 is 2.12 bits per heavy atom. The van der Waals surface area contributed by atoms with Crippen LogP contribution in [0.15, 0.2) is 0 Å². The van der Waals surface area contributed by atoms with Gasteiger partial charge < -0.3 is 5.32 Å². The molecule has 0 spiro atoms. The number of nitrogens with zero attached hydrogens (tertiary/aromatic N) is 1. The Balaban J connectivity index is 1.89. The third kappa shape index (κ3) is 3.28. The third-order valence-corrected chi connectivity index (χ3v) is 5.26. The minimum Gasteiger partial charge on any atom is -0.313 e. The van der Waals surface area contributed by atoms with Crippen LogP contribution in [-0.2, 0) is 10.8 Å². The molecule has 4 heteroatoms. The summed E-state index contributed by atoms with van der Waals surface area (Å²) in [6.45, 7) is 5.83. The molecule has 0 aliphatic carbocycles. The summed E-state index contributed by atoms with van der Waals surface area (Å²) in [6, 6.07) is 1.36. The van der Waals surface area contributed by atoms with E-state index in [1.807, 2.05) is 0 Å². The van der Waals surface area contributed by atoms with Crippen LogP contribution in [0.3, 0.4) is 0 Å². The second-order valence-corrected chi connectivity index (χ2v) is 6.68. The molecule has 0 saturated carbocycles. The first-order valence-electron chi connectivity index (χ1n) is 6.62. The average molecular weight is 244 g/mol. The predicted molar refractivity (Wildman–Crippen MR) is 69.2 cm³/mol. The fourth-order valence-electron chi connectivity index (χ4n) is 2.78. The van der Waals surface area contributed by atoms with Crippen LogP contribution < -0.4 is 5.32 Å². The van der Waals surface area contributed by atoms with Gasteiger partial charge in [-0.25, -0.2) is 0 Å². The van der Waals surface area contributed by atoms with Gasteiger partial charge >= 0.3 is 0 Å². The maximum atomic E-state index is 11.4. The van der Waals surface area contributed by atoms with Crippen molar-refractivity contribution in [3.63, 3.8) is 0 Å². The lowest BCUT2D eigenvalue weighted by atomic mass is 10.1. The SMILES string of the molecule is CCC1CN(C2CCS(=O)CC2)CCCN1. The van der Waals surface area contributed by atoms with Gasteiger partial charge in [0.15, 0.2) is 0 Å². The van der Waals surface area contributed by atoms with E-state index in [0.717, 1.165) is 30.9 Å². The summed E-state index contributed by atoms with van der Waals surface area (Å²) >= 11 is 0. The average Bonchev–Trinajstić information content (AvgIpc) is 2.55. The molecule has 0 bridgehead atoms. The highest BCUT2D eigenvalue weighted by Gasteiger charge is 2.26. The first-order chi connectivity index (χ1) is 7.79. The first kappa shape index (κ1) is 12.5. The second-order valence-electron chi connectivity index (χ2n) is 4.99. The molecular weight excluding hydrogens is 220 g/mol. The molecule has 94 valence electrons. The van der Waals surface area contributed by atoms with Gasteiger partial charge in [-0.2, -0.15) is 0 Å². The van der Waals surface area contributed by atoms with Crippen molar-refractivity contribution in [2.75, 3.05) is 31.1 Å². The predicted octanol–water partition coefficient (Wildman–Crippen LogP) is 0.971. The van der Waals surface area contributed by atoms with E-state index in [0.29, 0.717) is 12.1 Å². The zero-order valence-corrected chi connectivity index (χ0v) is 11.1. The fraction of sp³-hybridized carbons (Fsp3) is 1.00. The standard InChI is InChI=1S/C12H24N2OS/c1-2-11-10-14(7-3-6-13-11)12-4-8-16(15)9-5-12/h11-13H,2-10H2,1H3. The van der Waals surface area contributed by atoms with Crippen LogP contribution in [-0.4, -0.2) is 52.3 Å². The Bertz CT molecular complexity index is 237. The largest absolute Gasteiger partial charge is 0.313 e. The van der Waals surface area contributed by atoms with E-state index in [9.17, 15) is 4.21 Å². The van der Waals surface area contributed by atoms with Gasteiger partial charge in [0.25, 0.3) is 0 Å². The number of hydrogen-bond acceptors (Lipinski definition) is 3. The van der Waals surface area contributed by atoms with Crippen LogP contribution in [0.5, 0.6) is 0 Å². The van der Waals surface area contributed by atoms with Crippen LogP contribution >= 0.6 is 0 Å². The van der Waals surface area contributed by atoms with E-state index in [2.05, 4.69) is 17.1 Å². The van der Waals surface area contributed by atoms with E-state index in [1.54, 1.807) is 0 Å². The molecule has 3 nitrogen and oxygen atoms in total. The van der Waals surface area contributed by atoms with Crippen molar-refractivity contribution in [3.8, 4) is 0 Å². The van der Waals surface area contributed by atoms with Crippen LogP contribution in [0.2, 0.25) is 0 Å². The Kier molecular flexibility index (Phi) is 4.79. The molecule has 0 amide bonds. The van der Waals surface area contributed by atoms with Gasteiger partial charge in [0.1, 0.15) is 0 Å². The van der Waals surface area contributed by atoms with Gasteiger partial charge in [-0.3, -0.25) is 9.11 Å². The lowest BCUT2D eigenvalue weighted by Crippen LogP contribution is -2.45. The Labute approximate surface area is 101 Å². The van der Waals surface area contributed by atoms with Crippen molar-refractivity contribution < 1.29 is 4.21 Å². The van der Waals surface area contributed by atoms with Crippen molar-refractivity contribution in [2.24, 2.45) is 0 Å². The molecular formula is C12H24N2OS. The molecule has 0 aromatic heterocycles. The summed E-state index contributed by atoms with van der Waals surface area (Å²) < 4.78 is 11.4. The smallest absolute Gasteiger partial charge is 0.0249 e. The van der Waals surface area contributed by atoms with Gasteiger partial charge in [0.05, 0.1) is 0 Å². The van der Waals surface area contributed by atoms with Crippen LogP contribution in [0.4, 0.5) is 0 Å². The normalized spacial score (nSPS) is 38.2. The van der Waals surface area contributed by atoms with E-state index < -0.39 is 10.8 Å². The maximum Gasteiger partial charge on any atom is 0.0249 e. The molecule has 1 N–H and O–H groups in total. The van der Waals surface area contributed by atoms with Gasteiger partial charge in [0, 0.05) is 40.9 Å². The van der Waals surface area contributed by atoms with Crippen molar-refractivity contribution in [2.45, 2.75) is 44.7 Å². The third-order valence-electron chi connectivity index (χ3n) is 3.88. The van der Waals surface area contributed by atoms with E-state index in [-0.39, 0.29) is 0 Å². The number of rotatable bonds is 2. The minimum atomic E-state index is -0.523. The van der Waals surface area contributed by atoms with E-state index in [4.69, 9.17) is 0 Å². The van der Waals surface area contributed by atoms with E-state index in [1.165, 1.54) is 25.9 Å². The first-order valence-corrected chi connectivity index (χ1v) is 8.11. The summed E-state index contributed by atoms with van der Waals surface area (Å²) in [5.74, 6) is 1.84. The fourth-order valence-corrected chi connectivity index (χ4v) is 4.05. The lowest BCUT2D eigenvalue weighted by molar-refractivity contribution is 0.180. The Morgan fingerprint density at radius 3 is 2.81 bits per heavy atom. The highest BCUT2D eigenvalue weighted by molar-refractivity contribution is 7.85. The van der Waals surface area contributed by atoms with Gasteiger partial charge in [-0.15, -0.1) is 0 Å². The van der Waals surface area contributed by atoms with Crippen molar-refractivity contribution in [1.82, 2.24) is 10.2 Å². The maximum absolute atomic E-state index is 11.4. The summed E-state index contributed by atoms with van der Waals surface area (Å²) in [7, 11) is -0.523. The lowest BCUT2D eigenvalue weighted by Gasteiger charge is -2.34. The summed E-state index contributed by atoms with van der Waals surface area (Å²) in [5.41, 5.74) is 0. The molecule has 2 heterocycles. The second kappa shape index (κ2) is 6.12. The topological polar surface area (TPSA) is 32.3 Å². The molecule has 16 heavy (non-hydrogen) atoms. The zero-order valence-electron chi connectivity index (χ0n) is 10.3. The molecule has 1 unspecified atom stereocenters. The highest BCUT2D eigenvalue weighted by Crippen LogP contribution is 2.18. The molecule has 2 rings (SSSR count). The van der Waals surface area contributed by atoms with Crippen LogP contribution in [0, 0.1) is 0 Å². The Hall–Kier alpha value is 0.0700. The molecule has 2 aliphatic rings. The molecule has 2 saturated heterocycles. The number of hydrogen-bond donors (Lipinski definition) is 1. The number of nitrogens with one attached hydrogen (secondary N) is 1. The molecule has 2 fully saturated rings. The summed E-state index contributed by atoms with van der Waals surface area (Å²) in [4.78, 5) is 2.64. The molecule has 2 aliphatic heterocycles. The quantitative estimate of drug-likeness (QED) is 0.786. The molecule has 1 atom stereocenters. The summed E-state index contributed by atoms with van der Waals surface area (Å²) in [5, 5.41) is 3.61. The van der Waals surface area contributed by atoms with E-state index >= 15 is 0 Å². The van der Waals surface area contributed by atoms with Gasteiger partial charge in [0.2, 0.25) is 0 Å². The van der Waals surface area contributed by atoms with Crippen LogP contribution in [0.1, 0.15) is 32.6 Å². The van der Waals surface area contributed by atoms with Crippen molar-refractivity contribution in [1.29, 1.82) is 0 Å². The van der Waals surface area contributed by atoms with Gasteiger partial charge in [-0.05, 0) is 38.8 Å². The van der Waals surface area contributed by atoms with Crippen LogP contribution in [0.25, 0.3) is 0 Å². The highest BCUT2D eigenvalue weighted by atomic mass is 32.2. The summed E-state index contributed by atoms with van der Waals surface area (Å²) in [6.07, 6.45) is 4.76. The Morgan fingerprint density at radius 1 is 1.38 bits per heavy atom. The minimum absolute atomic E-state index is 0.523. The van der Waals surface area contributed by atoms with Crippen molar-refractivity contribution in [3.05, 3.63) is 0 Å². The molecule has 0 aromatic carbocycles. The molecule has 0 radical (unpaired) electrons.